The third kappa shape index (κ3) is 2.87. The van der Waals surface area contributed by atoms with Gasteiger partial charge in [0.2, 0.25) is 0 Å². The van der Waals surface area contributed by atoms with Crippen LogP contribution in [0.3, 0.4) is 0 Å². The second kappa shape index (κ2) is 5.70. The lowest BCUT2D eigenvalue weighted by Gasteiger charge is -2.17. The molecular formula is C17H24N2O. The second-order valence-corrected chi connectivity index (χ2v) is 6.29. The average molecular weight is 272 g/mol. The number of aryl methyl sites for hydroxylation is 1. The van der Waals surface area contributed by atoms with E-state index in [-0.39, 0.29) is 11.0 Å². The van der Waals surface area contributed by atoms with Crippen LogP contribution >= 0.6 is 0 Å². The van der Waals surface area contributed by atoms with E-state index in [1.54, 1.807) is 4.68 Å². The predicted octanol–water partition coefficient (Wildman–Crippen LogP) is 3.94. The normalized spacial score (nSPS) is 11.8. The monoisotopic (exact) mass is 272 g/mol. The van der Waals surface area contributed by atoms with E-state index in [4.69, 9.17) is 0 Å². The van der Waals surface area contributed by atoms with E-state index in [0.29, 0.717) is 0 Å². The quantitative estimate of drug-likeness (QED) is 0.899. The number of H-pyrrole nitrogens is 1. The summed E-state index contributed by atoms with van der Waals surface area (Å²) in [5.74, 6) is 0. The van der Waals surface area contributed by atoms with Crippen molar-refractivity contribution in [1.82, 2.24) is 9.78 Å². The second-order valence-electron chi connectivity index (χ2n) is 6.29. The number of hydrogen-bond donors (Lipinski definition) is 1. The largest absolute Gasteiger partial charge is 0.295 e. The van der Waals surface area contributed by atoms with Gasteiger partial charge in [0.25, 0.3) is 5.56 Å². The summed E-state index contributed by atoms with van der Waals surface area (Å²) in [4.78, 5) is 12.6. The maximum absolute atomic E-state index is 12.6. The first-order valence-electron chi connectivity index (χ1n) is 7.34. The van der Waals surface area contributed by atoms with Crippen LogP contribution in [-0.2, 0) is 12.0 Å². The Morgan fingerprint density at radius 2 is 1.80 bits per heavy atom. The first kappa shape index (κ1) is 14.6. The maximum atomic E-state index is 12.6. The zero-order chi connectivity index (χ0) is 14.8. The molecular weight excluding hydrogens is 248 g/mol. The molecule has 0 saturated carbocycles. The summed E-state index contributed by atoms with van der Waals surface area (Å²) < 4.78 is 1.76. The van der Waals surface area contributed by atoms with Crippen molar-refractivity contribution in [3.63, 3.8) is 0 Å². The third-order valence-corrected chi connectivity index (χ3v) is 3.50. The van der Waals surface area contributed by atoms with Gasteiger partial charge in [-0.3, -0.25) is 14.6 Å². The summed E-state index contributed by atoms with van der Waals surface area (Å²) in [5.41, 5.74) is 2.85. The highest BCUT2D eigenvalue weighted by Crippen LogP contribution is 2.29. The number of hydrogen-bond acceptors (Lipinski definition) is 1. The number of benzene rings is 1. The lowest BCUT2D eigenvalue weighted by atomic mass is 9.85. The lowest BCUT2D eigenvalue weighted by molar-refractivity contribution is 0.544. The van der Waals surface area contributed by atoms with Crippen molar-refractivity contribution in [2.45, 2.75) is 52.5 Å². The van der Waals surface area contributed by atoms with Crippen molar-refractivity contribution in [2.24, 2.45) is 0 Å². The van der Waals surface area contributed by atoms with Crippen LogP contribution in [0, 0.1) is 0 Å². The number of aromatic amines is 1. The Morgan fingerprint density at radius 3 is 2.35 bits per heavy atom. The van der Waals surface area contributed by atoms with E-state index in [1.165, 1.54) is 0 Å². The molecule has 1 heterocycles. The summed E-state index contributed by atoms with van der Waals surface area (Å²) in [5, 5.41) is 3.31. The third-order valence-electron chi connectivity index (χ3n) is 3.50. The first-order chi connectivity index (χ1) is 9.45. The Hall–Kier alpha value is -1.77. The molecule has 0 atom stereocenters. The van der Waals surface area contributed by atoms with E-state index in [0.717, 1.165) is 36.2 Å². The highest BCUT2D eigenvalue weighted by atomic mass is 16.1. The van der Waals surface area contributed by atoms with Crippen LogP contribution in [0.2, 0.25) is 0 Å². The molecule has 0 bridgehead atoms. The molecule has 1 aromatic heterocycles. The van der Waals surface area contributed by atoms with Crippen LogP contribution in [0.15, 0.2) is 35.1 Å². The number of aromatic nitrogens is 2. The Labute approximate surface area is 120 Å². The molecule has 3 nitrogen and oxygen atoms in total. The zero-order valence-electron chi connectivity index (χ0n) is 12.9. The fourth-order valence-corrected chi connectivity index (χ4v) is 2.47. The van der Waals surface area contributed by atoms with Gasteiger partial charge in [-0.15, -0.1) is 0 Å². The van der Waals surface area contributed by atoms with Crippen molar-refractivity contribution >= 4 is 0 Å². The van der Waals surface area contributed by atoms with Gasteiger partial charge >= 0.3 is 0 Å². The van der Waals surface area contributed by atoms with Crippen molar-refractivity contribution in [3.05, 3.63) is 46.2 Å². The molecule has 0 saturated heterocycles. The summed E-state index contributed by atoms with van der Waals surface area (Å²) in [6, 6.07) is 10.1. The lowest BCUT2D eigenvalue weighted by Crippen LogP contribution is -2.26. The topological polar surface area (TPSA) is 37.8 Å². The molecule has 3 heteroatoms. The number of rotatable bonds is 4. The van der Waals surface area contributed by atoms with E-state index in [2.05, 4.69) is 32.8 Å². The van der Waals surface area contributed by atoms with Gasteiger partial charge in [0.15, 0.2) is 0 Å². The summed E-state index contributed by atoms with van der Waals surface area (Å²) in [7, 11) is 0. The first-order valence-corrected chi connectivity index (χ1v) is 7.34. The molecule has 0 aliphatic heterocycles. The molecule has 108 valence electrons. The average Bonchev–Trinajstić information content (AvgIpc) is 2.74. The Kier molecular flexibility index (Phi) is 4.17. The fourth-order valence-electron chi connectivity index (χ4n) is 2.47. The van der Waals surface area contributed by atoms with Crippen LogP contribution in [0.1, 0.15) is 46.1 Å². The van der Waals surface area contributed by atoms with Crippen molar-refractivity contribution in [1.29, 1.82) is 0 Å². The van der Waals surface area contributed by atoms with Crippen LogP contribution in [0.4, 0.5) is 0 Å². The molecule has 20 heavy (non-hydrogen) atoms. The van der Waals surface area contributed by atoms with E-state index >= 15 is 0 Å². The Morgan fingerprint density at radius 1 is 1.15 bits per heavy atom. The van der Waals surface area contributed by atoms with Gasteiger partial charge in [-0.05, 0) is 17.4 Å². The van der Waals surface area contributed by atoms with Gasteiger partial charge in [0, 0.05) is 12.1 Å². The molecule has 0 spiro atoms. The van der Waals surface area contributed by atoms with Crippen molar-refractivity contribution in [2.75, 3.05) is 0 Å². The minimum Gasteiger partial charge on any atom is -0.295 e. The summed E-state index contributed by atoms with van der Waals surface area (Å²) in [6.07, 6.45) is 2.09. The van der Waals surface area contributed by atoms with E-state index in [1.807, 2.05) is 30.3 Å². The van der Waals surface area contributed by atoms with Gasteiger partial charge in [-0.2, -0.15) is 0 Å². The molecule has 0 radical (unpaired) electrons. The molecule has 0 fully saturated rings. The highest BCUT2D eigenvalue weighted by Gasteiger charge is 2.26. The molecule has 1 N–H and O–H groups in total. The van der Waals surface area contributed by atoms with Gasteiger partial charge in [-0.1, -0.05) is 64.4 Å². The van der Waals surface area contributed by atoms with E-state index in [9.17, 15) is 4.79 Å². The minimum atomic E-state index is -0.170. The standard InChI is InChI=1S/C17H24N2O/c1-5-6-12-19-16(20)14(17(2,3)4)15(18-19)13-10-8-7-9-11-13/h7-11,18H,5-6,12H2,1-4H3. The number of unbranched alkanes of at least 4 members (excludes halogenated alkanes) is 1. The molecule has 0 unspecified atom stereocenters. The van der Waals surface area contributed by atoms with Crippen LogP contribution in [0.25, 0.3) is 11.3 Å². The minimum absolute atomic E-state index is 0.116. The van der Waals surface area contributed by atoms with Gasteiger partial charge < -0.3 is 0 Å². The van der Waals surface area contributed by atoms with Gasteiger partial charge in [0.1, 0.15) is 0 Å². The van der Waals surface area contributed by atoms with Gasteiger partial charge in [0.05, 0.1) is 5.69 Å². The van der Waals surface area contributed by atoms with Crippen molar-refractivity contribution < 1.29 is 0 Å². The van der Waals surface area contributed by atoms with Crippen LogP contribution in [-0.4, -0.2) is 9.78 Å². The highest BCUT2D eigenvalue weighted by molar-refractivity contribution is 5.64. The molecule has 1 aromatic carbocycles. The predicted molar refractivity (Wildman–Crippen MR) is 84.1 cm³/mol. The molecule has 2 rings (SSSR count). The molecule has 2 aromatic rings. The SMILES string of the molecule is CCCCn1[nH]c(-c2ccccc2)c(C(C)(C)C)c1=O. The fraction of sp³-hybridized carbons (Fsp3) is 0.471. The smallest absolute Gasteiger partial charge is 0.270 e. The van der Waals surface area contributed by atoms with E-state index < -0.39 is 0 Å². The molecule has 0 amide bonds. The zero-order valence-corrected chi connectivity index (χ0v) is 12.9. The summed E-state index contributed by atoms with van der Waals surface area (Å²) >= 11 is 0. The summed E-state index contributed by atoms with van der Waals surface area (Å²) in [6.45, 7) is 9.17. The number of nitrogens with one attached hydrogen (secondary N) is 1. The molecule has 0 aliphatic rings. The van der Waals surface area contributed by atoms with Crippen molar-refractivity contribution in [3.8, 4) is 11.3 Å². The van der Waals surface area contributed by atoms with Gasteiger partial charge in [-0.25, -0.2) is 0 Å². The maximum Gasteiger partial charge on any atom is 0.270 e. The van der Waals surface area contributed by atoms with Crippen LogP contribution < -0.4 is 5.56 Å². The Bertz CT molecular complexity index is 615. The number of nitrogens with zero attached hydrogens (tertiary/aromatic N) is 1. The van der Waals surface area contributed by atoms with Crippen LogP contribution in [0.5, 0.6) is 0 Å². The Balaban J connectivity index is 2.58. The molecule has 0 aliphatic carbocycles.